The zero-order chi connectivity index (χ0) is 19.9. The zero-order valence-corrected chi connectivity index (χ0v) is 14.9. The number of rotatable bonds is 4. The van der Waals surface area contributed by atoms with E-state index in [1.165, 1.54) is 12.1 Å². The van der Waals surface area contributed by atoms with Crippen molar-refractivity contribution in [3.63, 3.8) is 0 Å². The van der Waals surface area contributed by atoms with Crippen LogP contribution in [-0.4, -0.2) is 39.8 Å². The molecule has 3 N–H and O–H groups in total. The second-order valence-electron chi connectivity index (χ2n) is 6.53. The molecular weight excluding hydrogens is 373 g/mol. The minimum atomic E-state index is -3.01. The number of anilines is 2. The van der Waals surface area contributed by atoms with E-state index in [4.69, 9.17) is 10.5 Å². The summed E-state index contributed by atoms with van der Waals surface area (Å²) in [5.74, 6) is -0.526. The van der Waals surface area contributed by atoms with Crippen LogP contribution in [0.25, 0.3) is 5.65 Å². The monoisotopic (exact) mass is 390 g/mol. The third-order valence-corrected chi connectivity index (χ3v) is 4.47. The molecule has 0 radical (unpaired) electrons. The predicted octanol–water partition coefficient (Wildman–Crippen LogP) is 2.77. The molecule has 1 aliphatic heterocycles. The fourth-order valence-corrected chi connectivity index (χ4v) is 3.20. The van der Waals surface area contributed by atoms with E-state index in [1.807, 2.05) is 13.1 Å². The van der Waals surface area contributed by atoms with Crippen LogP contribution in [0.4, 0.5) is 24.7 Å². The number of imidazole rings is 1. The van der Waals surface area contributed by atoms with Crippen LogP contribution in [0.1, 0.15) is 11.3 Å². The Hall–Kier alpha value is -3.14. The Labute approximate surface area is 158 Å². The molecule has 0 amide bonds. The van der Waals surface area contributed by atoms with Gasteiger partial charge < -0.3 is 20.2 Å². The highest BCUT2D eigenvalue weighted by molar-refractivity contribution is 5.83. The Morgan fingerprint density at radius 3 is 2.93 bits per heavy atom. The van der Waals surface area contributed by atoms with Gasteiger partial charge in [-0.1, -0.05) is 0 Å². The lowest BCUT2D eigenvalue weighted by Crippen LogP contribution is -2.45. The summed E-state index contributed by atoms with van der Waals surface area (Å²) in [6.45, 7) is 1.29. The first kappa shape index (κ1) is 18.2. The van der Waals surface area contributed by atoms with Crippen LogP contribution in [0.3, 0.4) is 0 Å². The van der Waals surface area contributed by atoms with Crippen LogP contribution in [0.5, 0.6) is 0 Å². The van der Waals surface area contributed by atoms with Gasteiger partial charge in [-0.3, -0.25) is 4.99 Å². The Morgan fingerprint density at radius 1 is 1.36 bits per heavy atom. The van der Waals surface area contributed by atoms with Crippen LogP contribution < -0.4 is 11.1 Å². The number of aliphatic imine (C=N–C) groups is 1. The number of alkyl halides is 2. The number of fused-ring (bicyclic) bond motifs is 1. The van der Waals surface area contributed by atoms with Crippen molar-refractivity contribution in [2.75, 3.05) is 18.5 Å². The van der Waals surface area contributed by atoms with Crippen LogP contribution >= 0.6 is 0 Å². The molecule has 0 saturated carbocycles. The average molecular weight is 390 g/mol. The molecule has 1 atom stereocenters. The van der Waals surface area contributed by atoms with Gasteiger partial charge in [-0.25, -0.2) is 23.1 Å². The van der Waals surface area contributed by atoms with Crippen molar-refractivity contribution in [3.8, 4) is 0 Å². The lowest BCUT2D eigenvalue weighted by molar-refractivity contribution is -0.0145. The van der Waals surface area contributed by atoms with Crippen molar-refractivity contribution in [2.45, 2.75) is 18.9 Å². The van der Waals surface area contributed by atoms with Crippen molar-refractivity contribution in [1.29, 1.82) is 0 Å². The first-order chi connectivity index (χ1) is 13.4. The summed E-state index contributed by atoms with van der Waals surface area (Å²) in [5, 5.41) is 3.01. The van der Waals surface area contributed by atoms with Gasteiger partial charge >= 0.3 is 0 Å². The Balaban J connectivity index is 1.78. The number of nitrogens with zero attached hydrogens (tertiary/aromatic N) is 4. The highest BCUT2D eigenvalue weighted by Gasteiger charge is 2.46. The van der Waals surface area contributed by atoms with Gasteiger partial charge in [0.15, 0.2) is 17.0 Å². The van der Waals surface area contributed by atoms with E-state index in [1.54, 1.807) is 16.8 Å². The third-order valence-electron chi connectivity index (χ3n) is 4.47. The number of hydrogen-bond acceptors (Lipinski definition) is 6. The molecule has 28 heavy (non-hydrogen) atoms. The summed E-state index contributed by atoms with van der Waals surface area (Å²) in [6.07, 6.45) is 2.12. The molecule has 3 aromatic rings. The molecule has 0 fully saturated rings. The Bertz CT molecular complexity index is 1070. The number of nitrogens with one attached hydrogen (secondary N) is 1. The van der Waals surface area contributed by atoms with E-state index in [0.717, 1.165) is 11.8 Å². The number of aryl methyl sites for hydroxylation is 1. The number of halogens is 3. The molecule has 10 heteroatoms. The lowest BCUT2D eigenvalue weighted by atomic mass is 9.90. The quantitative estimate of drug-likeness (QED) is 0.715. The molecule has 0 unspecified atom stereocenters. The van der Waals surface area contributed by atoms with Gasteiger partial charge in [0.1, 0.15) is 18.3 Å². The van der Waals surface area contributed by atoms with E-state index in [0.29, 0.717) is 17.2 Å². The minimum Gasteiger partial charge on any atom is -0.385 e. The zero-order valence-electron chi connectivity index (χ0n) is 14.9. The van der Waals surface area contributed by atoms with Crippen molar-refractivity contribution in [2.24, 2.45) is 10.7 Å². The molecule has 7 nitrogen and oxygen atoms in total. The van der Waals surface area contributed by atoms with E-state index >= 15 is 0 Å². The van der Waals surface area contributed by atoms with Crippen molar-refractivity contribution in [1.82, 2.24) is 14.4 Å². The topological polar surface area (TPSA) is 89.8 Å². The van der Waals surface area contributed by atoms with Gasteiger partial charge in [0.2, 0.25) is 0 Å². The van der Waals surface area contributed by atoms with Crippen molar-refractivity contribution < 1.29 is 17.9 Å². The van der Waals surface area contributed by atoms with Crippen LogP contribution in [0, 0.1) is 12.7 Å². The molecule has 146 valence electrons. The third kappa shape index (κ3) is 3.05. The fraction of sp³-hybridized carbons (Fsp3) is 0.278. The summed E-state index contributed by atoms with van der Waals surface area (Å²) >= 11 is 0. The molecule has 2 aromatic heterocycles. The summed E-state index contributed by atoms with van der Waals surface area (Å²) in [5.41, 5.74) is 4.79. The number of aromatic nitrogens is 3. The number of amidine groups is 1. The lowest BCUT2D eigenvalue weighted by Gasteiger charge is -2.33. The molecule has 1 aromatic carbocycles. The maximum atomic E-state index is 14.5. The van der Waals surface area contributed by atoms with Crippen LogP contribution in [0.15, 0.2) is 41.8 Å². The maximum absolute atomic E-state index is 14.5. The number of hydrogen-bond donors (Lipinski definition) is 2. The van der Waals surface area contributed by atoms with Crippen LogP contribution in [-0.2, 0) is 10.3 Å². The average Bonchev–Trinajstić information content (AvgIpc) is 3.04. The van der Waals surface area contributed by atoms with E-state index in [2.05, 4.69) is 20.3 Å². The summed E-state index contributed by atoms with van der Waals surface area (Å²) in [6, 6.07) is 3.79. The van der Waals surface area contributed by atoms with Crippen molar-refractivity contribution in [3.05, 3.63) is 53.9 Å². The molecule has 0 spiro atoms. The molecule has 0 aliphatic carbocycles. The van der Waals surface area contributed by atoms with E-state index < -0.39 is 24.4 Å². The Kier molecular flexibility index (Phi) is 4.42. The van der Waals surface area contributed by atoms with Gasteiger partial charge in [-0.05, 0) is 25.1 Å². The largest absolute Gasteiger partial charge is 0.385 e. The van der Waals surface area contributed by atoms with Crippen molar-refractivity contribution >= 4 is 23.0 Å². The molecule has 1 aliphatic rings. The van der Waals surface area contributed by atoms with Gasteiger partial charge in [-0.15, -0.1) is 0 Å². The maximum Gasteiger partial charge on any atom is 0.269 e. The number of benzene rings is 1. The molecule has 0 bridgehead atoms. The second kappa shape index (κ2) is 6.79. The normalized spacial score (nSPS) is 19.8. The SMILES string of the molecule is Cc1cn2ccnc(Nc3ccc(F)c([C@]4(C(F)F)COCC(N)=N4)c3)c2n1. The van der Waals surface area contributed by atoms with Crippen LogP contribution in [0.2, 0.25) is 0 Å². The molecule has 3 heterocycles. The predicted molar refractivity (Wildman–Crippen MR) is 97.5 cm³/mol. The minimum absolute atomic E-state index is 0.0703. The van der Waals surface area contributed by atoms with E-state index in [9.17, 15) is 13.2 Å². The van der Waals surface area contributed by atoms with Gasteiger partial charge in [0.25, 0.3) is 6.43 Å². The first-order valence-corrected chi connectivity index (χ1v) is 8.46. The second-order valence-corrected chi connectivity index (χ2v) is 6.53. The highest BCUT2D eigenvalue weighted by atomic mass is 19.3. The first-order valence-electron chi connectivity index (χ1n) is 8.46. The molecule has 4 rings (SSSR count). The van der Waals surface area contributed by atoms with Gasteiger partial charge in [0.05, 0.1) is 12.3 Å². The number of nitrogens with two attached hydrogens (primary N) is 1. The van der Waals surface area contributed by atoms with Gasteiger partial charge in [0, 0.05) is 29.8 Å². The Morgan fingerprint density at radius 2 is 2.18 bits per heavy atom. The van der Waals surface area contributed by atoms with Gasteiger partial charge in [-0.2, -0.15) is 0 Å². The number of ether oxygens (including phenoxy) is 1. The summed E-state index contributed by atoms with van der Waals surface area (Å²) in [4.78, 5) is 12.5. The standard InChI is InChI=1S/C18H17F3N6O/c1-10-7-27-5-4-23-15(16(27)24-10)25-11-2-3-13(19)12(6-11)18(17(20)21)9-28-8-14(22)26-18/h2-7,17H,8-9H2,1H3,(H2,22,26)(H,23,25)/t18-/m0/s1. The molecule has 0 saturated heterocycles. The fourth-order valence-electron chi connectivity index (χ4n) is 3.20. The smallest absolute Gasteiger partial charge is 0.269 e. The van der Waals surface area contributed by atoms with E-state index in [-0.39, 0.29) is 18.0 Å². The summed E-state index contributed by atoms with van der Waals surface area (Å²) in [7, 11) is 0. The molecular formula is C18H17F3N6O. The highest BCUT2D eigenvalue weighted by Crippen LogP contribution is 2.38. The summed E-state index contributed by atoms with van der Waals surface area (Å²) < 4.78 is 49.3.